The molecule has 0 amide bonds. The topological polar surface area (TPSA) is 0 Å². The SMILES string of the molecule is [S]1[Ge][S][Ge]1. The van der Waals surface area contributed by atoms with Gasteiger partial charge in [0, 0.05) is 0 Å². The zero-order chi connectivity index (χ0) is 2.83. The molecule has 0 spiro atoms. The quantitative estimate of drug-likeness (QED) is 0.534. The van der Waals surface area contributed by atoms with Gasteiger partial charge in [-0.3, -0.25) is 0 Å². The summed E-state index contributed by atoms with van der Waals surface area (Å²) in [6.45, 7) is 0. The summed E-state index contributed by atoms with van der Waals surface area (Å²) in [4.78, 5) is 0. The van der Waals surface area contributed by atoms with Crippen molar-refractivity contribution >= 4 is 43.1 Å². The Morgan fingerprint density at radius 1 is 1.00 bits per heavy atom. The molecule has 0 bridgehead atoms. The first-order valence-electron chi connectivity index (χ1n) is 0.816. The maximum atomic E-state index is 2.25. The van der Waals surface area contributed by atoms with Crippen LogP contribution in [0.5, 0.6) is 0 Å². The molecule has 0 aromatic rings. The van der Waals surface area contributed by atoms with E-state index in [1.807, 2.05) is 0 Å². The molecule has 4 heteroatoms. The van der Waals surface area contributed by atoms with Gasteiger partial charge in [-0.1, -0.05) is 0 Å². The zero-order valence-corrected chi connectivity index (χ0v) is 7.65. The third kappa shape index (κ3) is 0.878. The van der Waals surface area contributed by atoms with Gasteiger partial charge in [-0.2, -0.15) is 0 Å². The van der Waals surface area contributed by atoms with Crippen LogP contribution in [-0.4, -0.2) is 26.3 Å². The van der Waals surface area contributed by atoms with Gasteiger partial charge in [0.1, 0.15) is 0 Å². The van der Waals surface area contributed by atoms with Gasteiger partial charge in [-0.05, 0) is 0 Å². The van der Waals surface area contributed by atoms with Crippen molar-refractivity contribution < 1.29 is 0 Å². The van der Waals surface area contributed by atoms with Crippen LogP contribution in [0.3, 0.4) is 0 Å². The molecule has 4 heavy (non-hydrogen) atoms. The Balaban J connectivity index is 2.00. The Kier molecular flexibility index (Phi) is 2.03. The maximum absolute atomic E-state index is 2.25. The van der Waals surface area contributed by atoms with Crippen molar-refractivity contribution in [1.82, 2.24) is 0 Å². The van der Waals surface area contributed by atoms with E-state index >= 15 is 0 Å². The van der Waals surface area contributed by atoms with Crippen LogP contribution in [0.2, 0.25) is 0 Å². The van der Waals surface area contributed by atoms with Crippen molar-refractivity contribution in [2.24, 2.45) is 0 Å². The fourth-order valence-electron chi connectivity index (χ4n) is 0.0417. The van der Waals surface area contributed by atoms with Crippen molar-refractivity contribution in [2.45, 2.75) is 0 Å². The van der Waals surface area contributed by atoms with E-state index in [4.69, 9.17) is 0 Å². The normalized spacial score (nSPS) is 24.0. The van der Waals surface area contributed by atoms with E-state index in [1.165, 1.54) is 0 Å². The van der Waals surface area contributed by atoms with Crippen LogP contribution < -0.4 is 0 Å². The molecule has 1 fully saturated rings. The molecule has 1 heterocycles. The summed E-state index contributed by atoms with van der Waals surface area (Å²) in [6.07, 6.45) is 0. The van der Waals surface area contributed by atoms with Gasteiger partial charge in [-0.25, -0.2) is 0 Å². The van der Waals surface area contributed by atoms with Gasteiger partial charge in [-0.15, -0.1) is 0 Å². The predicted octanol–water partition coefficient (Wildman–Crippen LogP) is 0.535. The Morgan fingerprint density at radius 3 is 1.25 bits per heavy atom. The second-order valence-corrected chi connectivity index (χ2v) is 24.3. The van der Waals surface area contributed by atoms with Crippen molar-refractivity contribution in [1.29, 1.82) is 0 Å². The first-order valence-corrected chi connectivity index (χ1v) is 12.7. The monoisotopic (exact) mass is 212 g/mol. The molecule has 0 aromatic heterocycles. The number of hydrogen-bond acceptors (Lipinski definition) is 2. The van der Waals surface area contributed by atoms with E-state index in [0.717, 1.165) is 0 Å². The van der Waals surface area contributed by atoms with Crippen LogP contribution in [0.25, 0.3) is 0 Å². The molecule has 0 unspecified atom stereocenters. The van der Waals surface area contributed by atoms with Crippen molar-refractivity contribution in [2.75, 3.05) is 0 Å². The Hall–Kier alpha value is 1.79. The van der Waals surface area contributed by atoms with Gasteiger partial charge in [0.2, 0.25) is 0 Å². The molecule has 0 aromatic carbocycles. The molecule has 0 nitrogen and oxygen atoms in total. The first kappa shape index (κ1) is 3.96. The van der Waals surface area contributed by atoms with Crippen LogP contribution in [0.4, 0.5) is 0 Å². The van der Waals surface area contributed by atoms with E-state index in [-0.39, 0.29) is 0 Å². The summed E-state index contributed by atoms with van der Waals surface area (Å²) in [5.74, 6) is 0. The summed E-state index contributed by atoms with van der Waals surface area (Å²) < 4.78 is 0. The Labute approximate surface area is 42.9 Å². The van der Waals surface area contributed by atoms with Crippen molar-refractivity contribution in [3.63, 3.8) is 0 Å². The molecule has 0 atom stereocenters. The summed E-state index contributed by atoms with van der Waals surface area (Å²) in [6, 6.07) is 0. The minimum atomic E-state index is 0.583. The van der Waals surface area contributed by atoms with Gasteiger partial charge in [0.15, 0.2) is 0 Å². The number of rotatable bonds is 0. The second kappa shape index (κ2) is 2.05. The van der Waals surface area contributed by atoms with Crippen LogP contribution in [0, 0.1) is 0 Å². The first-order chi connectivity index (χ1) is 2.00. The standard InChI is InChI=1S/Ge2S2/c1-3-2-4-1. The minimum absolute atomic E-state index is 0.583. The third-order valence-electron chi connectivity index (χ3n) is 0.167. The van der Waals surface area contributed by atoms with Gasteiger partial charge >= 0.3 is 43.1 Å². The molecule has 1 aliphatic heterocycles. The summed E-state index contributed by atoms with van der Waals surface area (Å²) in [5, 5.41) is 0. The van der Waals surface area contributed by atoms with Gasteiger partial charge in [0.05, 0.1) is 0 Å². The van der Waals surface area contributed by atoms with Crippen LogP contribution in [0.1, 0.15) is 0 Å². The van der Waals surface area contributed by atoms with Crippen LogP contribution >= 0.6 is 16.8 Å². The summed E-state index contributed by atoms with van der Waals surface area (Å²) in [5.41, 5.74) is 0. The molecular weight excluding hydrogens is 209 g/mol. The molecule has 1 aliphatic rings. The molecule has 0 N–H and O–H groups in total. The molecule has 1 saturated heterocycles. The molecule has 1 rings (SSSR count). The zero-order valence-electron chi connectivity index (χ0n) is 1.82. The van der Waals surface area contributed by atoms with Gasteiger partial charge < -0.3 is 0 Å². The number of hydrogen-bond donors (Lipinski definition) is 0. The molecule has 0 saturated carbocycles. The van der Waals surface area contributed by atoms with Crippen LogP contribution in [0.15, 0.2) is 0 Å². The molecule has 0 aliphatic carbocycles. The van der Waals surface area contributed by atoms with Gasteiger partial charge in [0.25, 0.3) is 0 Å². The van der Waals surface area contributed by atoms with Crippen LogP contribution in [-0.2, 0) is 0 Å². The molecular formula is Ge2S2. The average molecular weight is 209 g/mol. The second-order valence-electron chi connectivity index (χ2n) is 0.371. The van der Waals surface area contributed by atoms with E-state index < -0.39 is 0 Å². The Bertz CT molecular complexity index is 12.0. The van der Waals surface area contributed by atoms with E-state index in [2.05, 4.69) is 16.8 Å². The fourth-order valence-corrected chi connectivity index (χ4v) is 10.1. The molecule has 4 radical (unpaired) electrons. The predicted molar refractivity (Wildman–Crippen MR) is 26.7 cm³/mol. The Morgan fingerprint density at radius 2 is 1.25 bits per heavy atom. The summed E-state index contributed by atoms with van der Waals surface area (Å²) >= 11 is 1.17. The third-order valence-corrected chi connectivity index (χ3v) is 40.5. The van der Waals surface area contributed by atoms with E-state index in [0.29, 0.717) is 26.3 Å². The van der Waals surface area contributed by atoms with Crippen molar-refractivity contribution in [3.8, 4) is 0 Å². The van der Waals surface area contributed by atoms with Crippen molar-refractivity contribution in [3.05, 3.63) is 0 Å². The summed E-state index contributed by atoms with van der Waals surface area (Å²) in [7, 11) is 4.50. The van der Waals surface area contributed by atoms with E-state index in [1.54, 1.807) is 0 Å². The average Bonchev–Trinajstić information content (AvgIpc) is 0.722. The van der Waals surface area contributed by atoms with E-state index in [9.17, 15) is 0 Å². The fraction of sp³-hybridized carbons (Fsp3) is 0. The molecule has 20 valence electrons.